The van der Waals surface area contributed by atoms with Crippen LogP contribution in [0.1, 0.15) is 35.9 Å². The number of nitrogens with one attached hydrogen (secondary N) is 2. The van der Waals surface area contributed by atoms with E-state index in [1.807, 2.05) is 48.5 Å². The SMILES string of the molecule is COc1ccc([C@@H]2CC(=O)C3=C(C2)Nc2ccccc2N[C@H]3c2cc3c(cc2Cl)OCO3)cc1OC. The fourth-order valence-electron chi connectivity index (χ4n) is 5.22. The lowest BCUT2D eigenvalue weighted by atomic mass is 9.78. The first-order valence-electron chi connectivity index (χ1n) is 11.8. The Labute approximate surface area is 214 Å². The molecule has 6 rings (SSSR count). The van der Waals surface area contributed by atoms with E-state index in [1.165, 1.54) is 0 Å². The second kappa shape index (κ2) is 8.99. The number of carbonyl (C=O) groups excluding carboxylic acids is 1. The van der Waals surface area contributed by atoms with Crippen LogP contribution in [-0.2, 0) is 4.79 Å². The number of hydrogen-bond donors (Lipinski definition) is 2. The van der Waals surface area contributed by atoms with Gasteiger partial charge in [-0.2, -0.15) is 0 Å². The molecule has 0 radical (unpaired) electrons. The number of methoxy groups -OCH3 is 2. The third-order valence-corrected chi connectivity index (χ3v) is 7.32. The predicted molar refractivity (Wildman–Crippen MR) is 138 cm³/mol. The fourth-order valence-corrected chi connectivity index (χ4v) is 5.48. The third kappa shape index (κ3) is 3.80. The van der Waals surface area contributed by atoms with Gasteiger partial charge < -0.3 is 29.6 Å². The van der Waals surface area contributed by atoms with Crippen molar-refractivity contribution >= 4 is 28.8 Å². The Morgan fingerprint density at radius 1 is 0.917 bits per heavy atom. The van der Waals surface area contributed by atoms with Crippen LogP contribution in [0.4, 0.5) is 11.4 Å². The van der Waals surface area contributed by atoms with Crippen molar-refractivity contribution in [3.05, 3.63) is 82.0 Å². The quantitative estimate of drug-likeness (QED) is 0.446. The van der Waals surface area contributed by atoms with Crippen molar-refractivity contribution < 1.29 is 23.7 Å². The maximum atomic E-state index is 13.8. The van der Waals surface area contributed by atoms with Crippen LogP contribution in [0.25, 0.3) is 0 Å². The van der Waals surface area contributed by atoms with Crippen LogP contribution in [0.2, 0.25) is 5.02 Å². The molecule has 0 fully saturated rings. The largest absolute Gasteiger partial charge is 0.493 e. The molecule has 3 aromatic rings. The fraction of sp³-hybridized carbons (Fsp3) is 0.250. The minimum absolute atomic E-state index is 0.0123. The molecule has 36 heavy (non-hydrogen) atoms. The van der Waals surface area contributed by atoms with Gasteiger partial charge in [0.15, 0.2) is 28.8 Å². The molecule has 1 aliphatic carbocycles. The number of ether oxygens (including phenoxy) is 4. The summed E-state index contributed by atoms with van der Waals surface area (Å²) in [7, 11) is 3.23. The second-order valence-corrected chi connectivity index (χ2v) is 9.42. The minimum Gasteiger partial charge on any atom is -0.493 e. The molecule has 0 bridgehead atoms. The van der Waals surface area contributed by atoms with Crippen LogP contribution in [0.3, 0.4) is 0 Å². The maximum absolute atomic E-state index is 13.8. The van der Waals surface area contributed by atoms with E-state index in [0.717, 1.165) is 28.2 Å². The molecule has 3 aromatic carbocycles. The average Bonchev–Trinajstić information content (AvgIpc) is 3.27. The summed E-state index contributed by atoms with van der Waals surface area (Å²) in [6.45, 7) is 0.150. The highest BCUT2D eigenvalue weighted by molar-refractivity contribution is 6.31. The molecule has 0 spiro atoms. The highest BCUT2D eigenvalue weighted by Gasteiger charge is 2.37. The lowest BCUT2D eigenvalue weighted by molar-refractivity contribution is -0.116. The molecule has 2 heterocycles. The molecule has 2 N–H and O–H groups in total. The van der Waals surface area contributed by atoms with Gasteiger partial charge in [0.2, 0.25) is 6.79 Å². The normalized spacial score (nSPS) is 20.0. The van der Waals surface area contributed by atoms with Gasteiger partial charge in [0.25, 0.3) is 0 Å². The van der Waals surface area contributed by atoms with Crippen molar-refractivity contribution in [2.75, 3.05) is 31.6 Å². The van der Waals surface area contributed by atoms with Crippen molar-refractivity contribution in [3.8, 4) is 23.0 Å². The van der Waals surface area contributed by atoms with Gasteiger partial charge in [-0.25, -0.2) is 0 Å². The Hall–Kier alpha value is -3.84. The zero-order valence-corrected chi connectivity index (χ0v) is 20.6. The predicted octanol–water partition coefficient (Wildman–Crippen LogP) is 6.07. The van der Waals surface area contributed by atoms with Crippen molar-refractivity contribution in [2.45, 2.75) is 24.8 Å². The van der Waals surface area contributed by atoms with E-state index in [4.69, 9.17) is 30.5 Å². The van der Waals surface area contributed by atoms with Gasteiger partial charge >= 0.3 is 0 Å². The van der Waals surface area contributed by atoms with Crippen molar-refractivity contribution in [2.24, 2.45) is 0 Å². The summed E-state index contributed by atoms with van der Waals surface area (Å²) >= 11 is 6.73. The Bertz CT molecular complexity index is 1400. The monoisotopic (exact) mass is 504 g/mol. The number of ketones is 1. The molecule has 0 saturated heterocycles. The molecule has 7 nitrogen and oxygen atoms in total. The van der Waals surface area contributed by atoms with Crippen molar-refractivity contribution in [1.29, 1.82) is 0 Å². The Kier molecular flexibility index (Phi) is 5.64. The first-order chi connectivity index (χ1) is 17.6. The molecule has 0 aromatic heterocycles. The Morgan fingerprint density at radius 2 is 1.67 bits per heavy atom. The number of fused-ring (bicyclic) bond motifs is 2. The van der Waals surface area contributed by atoms with Crippen molar-refractivity contribution in [1.82, 2.24) is 0 Å². The number of allylic oxidation sites excluding steroid dienone is 1. The smallest absolute Gasteiger partial charge is 0.231 e. The van der Waals surface area contributed by atoms with Crippen LogP contribution in [-0.4, -0.2) is 26.8 Å². The van der Waals surface area contributed by atoms with E-state index in [2.05, 4.69) is 10.6 Å². The summed E-state index contributed by atoms with van der Waals surface area (Å²) in [6, 6.07) is 16.9. The molecule has 3 aliphatic rings. The lowest BCUT2D eigenvalue weighted by Crippen LogP contribution is -2.27. The number of anilines is 2. The molecular weight excluding hydrogens is 480 g/mol. The standard InChI is InChI=1S/C28H25ClN2O5/c1-33-23-8-7-15(11-24(23)34-2)16-9-21-27(22(32)10-16)28(31-20-6-4-3-5-19(20)30-21)17-12-25-26(13-18(17)29)36-14-35-25/h3-8,11-13,16,28,30-31H,9-10,14H2,1-2H3/t16-,28-/m0/s1. The number of Topliss-reactive ketones (excluding diaryl/α,β-unsaturated/α-hetero) is 1. The van der Waals surface area contributed by atoms with Gasteiger partial charge in [0.1, 0.15) is 0 Å². The van der Waals surface area contributed by atoms with Gasteiger partial charge in [-0.05, 0) is 48.2 Å². The number of rotatable bonds is 4. The summed E-state index contributed by atoms with van der Waals surface area (Å²) in [5, 5.41) is 7.63. The first kappa shape index (κ1) is 22.6. The molecule has 0 saturated carbocycles. The van der Waals surface area contributed by atoms with E-state index in [9.17, 15) is 4.79 Å². The van der Waals surface area contributed by atoms with Crippen LogP contribution in [0.15, 0.2) is 65.9 Å². The van der Waals surface area contributed by atoms with Gasteiger partial charge in [0, 0.05) is 29.3 Å². The first-order valence-corrected chi connectivity index (χ1v) is 12.1. The number of hydrogen-bond acceptors (Lipinski definition) is 7. The molecule has 2 aliphatic heterocycles. The number of halogens is 1. The van der Waals surface area contributed by atoms with Gasteiger partial charge in [0.05, 0.1) is 36.7 Å². The summed E-state index contributed by atoms with van der Waals surface area (Å²) in [5.74, 6) is 2.58. The van der Waals surface area contributed by atoms with Gasteiger partial charge in [-0.1, -0.05) is 29.8 Å². The van der Waals surface area contributed by atoms with E-state index in [1.54, 1.807) is 20.3 Å². The van der Waals surface area contributed by atoms with Crippen LogP contribution in [0.5, 0.6) is 23.0 Å². The Balaban J connectivity index is 1.45. The molecule has 2 atom stereocenters. The highest BCUT2D eigenvalue weighted by atomic mass is 35.5. The molecule has 8 heteroatoms. The summed E-state index contributed by atoms with van der Waals surface area (Å²) in [6.07, 6.45) is 1.03. The van der Waals surface area contributed by atoms with E-state index in [0.29, 0.717) is 46.4 Å². The van der Waals surface area contributed by atoms with Crippen LogP contribution < -0.4 is 29.6 Å². The molecule has 0 amide bonds. The molecular formula is C28H25ClN2O5. The highest BCUT2D eigenvalue weighted by Crippen LogP contribution is 2.48. The number of para-hydroxylation sites is 2. The minimum atomic E-state index is -0.447. The zero-order valence-electron chi connectivity index (χ0n) is 19.9. The third-order valence-electron chi connectivity index (χ3n) is 6.99. The van der Waals surface area contributed by atoms with Crippen LogP contribution in [0, 0.1) is 0 Å². The Morgan fingerprint density at radius 3 is 2.44 bits per heavy atom. The molecule has 184 valence electrons. The van der Waals surface area contributed by atoms with E-state index < -0.39 is 6.04 Å². The van der Waals surface area contributed by atoms with E-state index >= 15 is 0 Å². The number of carbonyl (C=O) groups is 1. The summed E-state index contributed by atoms with van der Waals surface area (Å²) in [4.78, 5) is 13.8. The number of benzene rings is 3. The van der Waals surface area contributed by atoms with Gasteiger partial charge in [-0.3, -0.25) is 4.79 Å². The summed E-state index contributed by atoms with van der Waals surface area (Å²) < 4.78 is 22.0. The average molecular weight is 505 g/mol. The topological polar surface area (TPSA) is 78.1 Å². The maximum Gasteiger partial charge on any atom is 0.231 e. The molecule has 0 unspecified atom stereocenters. The summed E-state index contributed by atoms with van der Waals surface area (Å²) in [5.41, 5.74) is 5.15. The zero-order chi connectivity index (χ0) is 24.8. The second-order valence-electron chi connectivity index (χ2n) is 9.01. The lowest BCUT2D eigenvalue weighted by Gasteiger charge is -2.30. The van der Waals surface area contributed by atoms with Crippen molar-refractivity contribution in [3.63, 3.8) is 0 Å². The van der Waals surface area contributed by atoms with Crippen LogP contribution >= 0.6 is 11.6 Å². The van der Waals surface area contributed by atoms with Gasteiger partial charge in [-0.15, -0.1) is 0 Å². The van der Waals surface area contributed by atoms with E-state index in [-0.39, 0.29) is 18.5 Å².